The Bertz CT molecular complexity index is 486. The zero-order chi connectivity index (χ0) is 10.3. The normalized spacial score (nSPS) is 18.4. The van der Waals surface area contributed by atoms with E-state index < -0.39 is 15.7 Å². The second kappa shape index (κ2) is 3.20. The highest BCUT2D eigenvalue weighted by Gasteiger charge is 2.24. The minimum absolute atomic E-state index is 0.0536. The van der Waals surface area contributed by atoms with E-state index in [0.29, 0.717) is 12.2 Å². The number of hydrogen-bond acceptors (Lipinski definition) is 3. The lowest BCUT2D eigenvalue weighted by Gasteiger charge is -2.18. The molecule has 0 aliphatic carbocycles. The van der Waals surface area contributed by atoms with Crippen LogP contribution >= 0.6 is 15.9 Å². The van der Waals surface area contributed by atoms with Crippen LogP contribution in [0.3, 0.4) is 0 Å². The molecule has 0 saturated heterocycles. The number of halogens is 2. The molecule has 1 heterocycles. The van der Waals surface area contributed by atoms with Gasteiger partial charge in [-0.3, -0.25) is 0 Å². The molecule has 1 aromatic rings. The van der Waals surface area contributed by atoms with Gasteiger partial charge in [0.1, 0.15) is 5.82 Å². The van der Waals surface area contributed by atoms with Crippen LogP contribution in [0.15, 0.2) is 21.5 Å². The lowest BCUT2D eigenvalue weighted by Crippen LogP contribution is -2.23. The predicted molar refractivity (Wildman–Crippen MR) is 54.6 cm³/mol. The first-order chi connectivity index (χ1) is 6.50. The summed E-state index contributed by atoms with van der Waals surface area (Å²) < 4.78 is 36.4. The Morgan fingerprint density at radius 1 is 1.43 bits per heavy atom. The minimum Gasteiger partial charge on any atom is -0.383 e. The molecule has 1 aromatic carbocycles. The van der Waals surface area contributed by atoms with Gasteiger partial charge in [0.2, 0.25) is 0 Å². The predicted octanol–water partition coefficient (Wildman–Crippen LogP) is 1.79. The highest BCUT2D eigenvalue weighted by Crippen LogP contribution is 2.31. The zero-order valence-corrected chi connectivity index (χ0v) is 9.45. The number of rotatable bonds is 0. The van der Waals surface area contributed by atoms with Crippen LogP contribution in [0.25, 0.3) is 0 Å². The Morgan fingerprint density at radius 2 is 2.14 bits per heavy atom. The molecule has 0 radical (unpaired) electrons. The van der Waals surface area contributed by atoms with Crippen molar-refractivity contribution in [3.63, 3.8) is 0 Å². The second-order valence-electron chi connectivity index (χ2n) is 3.01. The van der Waals surface area contributed by atoms with E-state index in [-0.39, 0.29) is 15.1 Å². The average molecular weight is 280 g/mol. The largest absolute Gasteiger partial charge is 0.383 e. The van der Waals surface area contributed by atoms with E-state index in [0.717, 1.165) is 0 Å². The molecule has 0 bridgehead atoms. The van der Waals surface area contributed by atoms with Gasteiger partial charge < -0.3 is 5.32 Å². The maximum atomic E-state index is 13.1. The zero-order valence-electron chi connectivity index (χ0n) is 7.05. The van der Waals surface area contributed by atoms with Gasteiger partial charge in [-0.1, -0.05) is 0 Å². The summed E-state index contributed by atoms with van der Waals surface area (Å²) in [7, 11) is -3.24. The van der Waals surface area contributed by atoms with E-state index in [1.54, 1.807) is 0 Å². The first kappa shape index (κ1) is 9.92. The Labute approximate surface area is 89.4 Å². The quantitative estimate of drug-likeness (QED) is 0.737. The molecule has 0 saturated carbocycles. The molecule has 0 amide bonds. The standard InChI is InChI=1S/C8H7BrFNO2S/c9-5-3-8-7(4-6(5)10)11-1-2-14(8,12)13/h3-4,11H,1-2H2. The molecule has 0 fully saturated rings. The molecule has 0 atom stereocenters. The first-order valence-electron chi connectivity index (χ1n) is 3.96. The molecule has 0 spiro atoms. The Kier molecular flexibility index (Phi) is 2.27. The van der Waals surface area contributed by atoms with Crippen LogP contribution in [0, 0.1) is 5.82 Å². The molecule has 6 heteroatoms. The summed E-state index contributed by atoms with van der Waals surface area (Å²) >= 11 is 2.96. The number of sulfone groups is 1. The van der Waals surface area contributed by atoms with Gasteiger partial charge in [-0.05, 0) is 28.1 Å². The van der Waals surface area contributed by atoms with Crippen molar-refractivity contribution < 1.29 is 12.8 Å². The van der Waals surface area contributed by atoms with Gasteiger partial charge in [-0.15, -0.1) is 0 Å². The topological polar surface area (TPSA) is 46.2 Å². The molecule has 76 valence electrons. The number of anilines is 1. The van der Waals surface area contributed by atoms with Crippen molar-refractivity contribution in [3.05, 3.63) is 22.4 Å². The van der Waals surface area contributed by atoms with Gasteiger partial charge in [0.05, 0.1) is 20.8 Å². The third kappa shape index (κ3) is 1.52. The van der Waals surface area contributed by atoms with Crippen LogP contribution in [0.1, 0.15) is 0 Å². The van der Waals surface area contributed by atoms with Crippen molar-refractivity contribution in [2.24, 2.45) is 0 Å². The van der Waals surface area contributed by atoms with E-state index in [2.05, 4.69) is 21.2 Å². The summed E-state index contributed by atoms with van der Waals surface area (Å²) in [6, 6.07) is 2.49. The lowest BCUT2D eigenvalue weighted by atomic mass is 10.3. The Hall–Kier alpha value is -0.620. The number of fused-ring (bicyclic) bond motifs is 1. The molecule has 1 N–H and O–H groups in total. The van der Waals surface area contributed by atoms with Gasteiger partial charge in [0, 0.05) is 6.54 Å². The van der Waals surface area contributed by atoms with Gasteiger partial charge in [0.15, 0.2) is 9.84 Å². The fourth-order valence-electron chi connectivity index (χ4n) is 1.35. The Morgan fingerprint density at radius 3 is 2.86 bits per heavy atom. The average Bonchev–Trinajstić information content (AvgIpc) is 2.08. The van der Waals surface area contributed by atoms with Crippen molar-refractivity contribution in [1.29, 1.82) is 0 Å². The fourth-order valence-corrected chi connectivity index (χ4v) is 3.20. The van der Waals surface area contributed by atoms with Crippen LogP contribution in [0.5, 0.6) is 0 Å². The maximum Gasteiger partial charge on any atom is 0.182 e. The van der Waals surface area contributed by atoms with Crippen LogP contribution in [-0.4, -0.2) is 20.7 Å². The van der Waals surface area contributed by atoms with E-state index in [1.165, 1.54) is 12.1 Å². The van der Waals surface area contributed by atoms with Crippen molar-refractivity contribution in [1.82, 2.24) is 0 Å². The maximum absolute atomic E-state index is 13.1. The summed E-state index contributed by atoms with van der Waals surface area (Å²) in [4.78, 5) is 0.164. The van der Waals surface area contributed by atoms with E-state index >= 15 is 0 Å². The second-order valence-corrected chi connectivity index (χ2v) is 5.94. The number of hydrogen-bond donors (Lipinski definition) is 1. The Balaban J connectivity index is 2.71. The first-order valence-corrected chi connectivity index (χ1v) is 6.41. The minimum atomic E-state index is -3.24. The summed E-state index contributed by atoms with van der Waals surface area (Å²) in [5, 5.41) is 2.85. The molecular weight excluding hydrogens is 273 g/mol. The molecule has 0 unspecified atom stereocenters. The van der Waals surface area contributed by atoms with Gasteiger partial charge in [-0.2, -0.15) is 0 Å². The van der Waals surface area contributed by atoms with Crippen molar-refractivity contribution in [2.45, 2.75) is 4.90 Å². The number of benzene rings is 1. The van der Waals surface area contributed by atoms with Crippen LogP contribution < -0.4 is 5.32 Å². The lowest BCUT2D eigenvalue weighted by molar-refractivity contribution is 0.592. The summed E-state index contributed by atoms with van der Waals surface area (Å²) in [5.74, 6) is -0.411. The highest BCUT2D eigenvalue weighted by atomic mass is 79.9. The third-order valence-corrected chi connectivity index (χ3v) is 4.40. The van der Waals surface area contributed by atoms with E-state index in [9.17, 15) is 12.8 Å². The van der Waals surface area contributed by atoms with Crippen molar-refractivity contribution >= 4 is 31.5 Å². The third-order valence-electron chi connectivity index (χ3n) is 2.04. The summed E-state index contributed by atoms with van der Waals surface area (Å²) in [5.41, 5.74) is 0.344. The van der Waals surface area contributed by atoms with Crippen molar-refractivity contribution in [3.8, 4) is 0 Å². The number of nitrogens with one attached hydrogen (secondary N) is 1. The van der Waals surface area contributed by atoms with Gasteiger partial charge >= 0.3 is 0 Å². The smallest absolute Gasteiger partial charge is 0.182 e. The molecule has 1 aliphatic rings. The SMILES string of the molecule is O=S1(=O)CCNc2cc(F)c(Br)cc21. The summed E-state index contributed by atoms with van der Waals surface area (Å²) in [6.45, 7) is 0.330. The summed E-state index contributed by atoms with van der Waals surface area (Å²) in [6.07, 6.45) is 0. The van der Waals surface area contributed by atoms with Crippen LogP contribution in [-0.2, 0) is 9.84 Å². The van der Waals surface area contributed by atoms with Gasteiger partial charge in [-0.25, -0.2) is 12.8 Å². The van der Waals surface area contributed by atoms with Crippen LogP contribution in [0.2, 0.25) is 0 Å². The van der Waals surface area contributed by atoms with E-state index in [1.807, 2.05) is 0 Å². The molecule has 0 aromatic heterocycles. The molecule has 3 nitrogen and oxygen atoms in total. The fraction of sp³-hybridized carbons (Fsp3) is 0.250. The van der Waals surface area contributed by atoms with Crippen molar-refractivity contribution in [2.75, 3.05) is 17.6 Å². The molecule has 1 aliphatic heterocycles. The van der Waals surface area contributed by atoms with Crippen LogP contribution in [0.4, 0.5) is 10.1 Å². The molecular formula is C8H7BrFNO2S. The van der Waals surface area contributed by atoms with Gasteiger partial charge in [0.25, 0.3) is 0 Å². The molecule has 2 rings (SSSR count). The molecule has 14 heavy (non-hydrogen) atoms. The highest BCUT2D eigenvalue weighted by molar-refractivity contribution is 9.10. The monoisotopic (exact) mass is 279 g/mol. The van der Waals surface area contributed by atoms with E-state index in [4.69, 9.17) is 0 Å².